The smallest absolute Gasteiger partial charge is 0.218 e. The summed E-state index contributed by atoms with van der Waals surface area (Å²) in [7, 11) is 0. The van der Waals surface area contributed by atoms with Gasteiger partial charge in [-0.3, -0.25) is 0 Å². The molecule has 56 valence electrons. The van der Waals surface area contributed by atoms with Crippen molar-refractivity contribution >= 4 is 37.5 Å². The Morgan fingerprint density at radius 1 is 1.36 bits per heavy atom. The highest BCUT2D eigenvalue weighted by Gasteiger charge is 1.98. The highest BCUT2D eigenvalue weighted by molar-refractivity contribution is 9.10. The molecule has 0 amide bonds. The molecule has 0 saturated carbocycles. The lowest BCUT2D eigenvalue weighted by atomic mass is 10.5. The quantitative estimate of drug-likeness (QED) is 0.739. The molecule has 2 heterocycles. The van der Waals surface area contributed by atoms with Crippen LogP contribution < -0.4 is 0 Å². The van der Waals surface area contributed by atoms with E-state index in [4.69, 9.17) is 0 Å². The Bertz CT molecular complexity index is 396. The van der Waals surface area contributed by atoms with Crippen LogP contribution in [0.3, 0.4) is 0 Å². The van der Waals surface area contributed by atoms with Crippen LogP contribution in [-0.2, 0) is 0 Å². The molecule has 0 aliphatic heterocycles. The number of nitrogens with zero attached hydrogens (tertiary/aromatic N) is 3. The van der Waals surface area contributed by atoms with E-state index >= 15 is 0 Å². The molecule has 0 N–H and O–H groups in total. The lowest BCUT2D eigenvalue weighted by Crippen LogP contribution is -1.84. The zero-order chi connectivity index (χ0) is 7.84. The Hall–Kier alpha value is -0.420. The molecular formula is C6H3Br2N3. The van der Waals surface area contributed by atoms with Gasteiger partial charge in [-0.05, 0) is 28.1 Å². The van der Waals surface area contributed by atoms with E-state index in [-0.39, 0.29) is 0 Å². The standard InChI is InChI=1S/C6H3Br2N3/c7-4-1-2-11-5(3-4)9-6(8)10-11/h1-3H. The molecule has 2 rings (SSSR count). The van der Waals surface area contributed by atoms with Crippen LogP contribution in [0.5, 0.6) is 0 Å². The lowest BCUT2D eigenvalue weighted by Gasteiger charge is -1.89. The number of pyridine rings is 1. The van der Waals surface area contributed by atoms with Crippen molar-refractivity contribution in [1.29, 1.82) is 0 Å². The maximum absolute atomic E-state index is 4.11. The van der Waals surface area contributed by atoms with Gasteiger partial charge in [-0.1, -0.05) is 15.9 Å². The van der Waals surface area contributed by atoms with E-state index in [1.165, 1.54) is 0 Å². The predicted molar refractivity (Wildman–Crippen MR) is 48.4 cm³/mol. The van der Waals surface area contributed by atoms with Gasteiger partial charge in [0.15, 0.2) is 5.65 Å². The van der Waals surface area contributed by atoms with E-state index in [1.54, 1.807) is 4.52 Å². The third-order valence-corrected chi connectivity index (χ3v) is 2.10. The summed E-state index contributed by atoms with van der Waals surface area (Å²) >= 11 is 6.54. The van der Waals surface area contributed by atoms with Crippen molar-refractivity contribution in [3.8, 4) is 0 Å². The first-order chi connectivity index (χ1) is 5.25. The molecule has 0 radical (unpaired) electrons. The van der Waals surface area contributed by atoms with Crippen LogP contribution in [-0.4, -0.2) is 14.6 Å². The summed E-state index contributed by atoms with van der Waals surface area (Å²) in [6.45, 7) is 0. The van der Waals surface area contributed by atoms with Gasteiger partial charge in [-0.2, -0.15) is 0 Å². The summed E-state index contributed by atoms with van der Waals surface area (Å²) in [5.41, 5.74) is 0.825. The molecular weight excluding hydrogens is 274 g/mol. The van der Waals surface area contributed by atoms with Crippen LogP contribution in [0.25, 0.3) is 5.65 Å². The van der Waals surface area contributed by atoms with E-state index in [9.17, 15) is 0 Å². The molecule has 2 aromatic heterocycles. The molecule has 0 fully saturated rings. The van der Waals surface area contributed by atoms with Crippen molar-refractivity contribution in [1.82, 2.24) is 14.6 Å². The van der Waals surface area contributed by atoms with Gasteiger partial charge >= 0.3 is 0 Å². The molecule has 0 aliphatic rings. The lowest BCUT2D eigenvalue weighted by molar-refractivity contribution is 0.944. The molecule has 0 aliphatic carbocycles. The van der Waals surface area contributed by atoms with Gasteiger partial charge in [0.1, 0.15) is 0 Å². The minimum atomic E-state index is 0.607. The van der Waals surface area contributed by atoms with Gasteiger partial charge in [-0.25, -0.2) is 9.50 Å². The molecule has 5 heteroatoms. The van der Waals surface area contributed by atoms with Gasteiger partial charge in [-0.15, -0.1) is 5.10 Å². The summed E-state index contributed by atoms with van der Waals surface area (Å²) in [6.07, 6.45) is 1.84. The fraction of sp³-hybridized carbons (Fsp3) is 0. The molecule has 2 aromatic rings. The molecule has 3 nitrogen and oxygen atoms in total. The zero-order valence-electron chi connectivity index (χ0n) is 5.33. The van der Waals surface area contributed by atoms with E-state index in [0.717, 1.165) is 10.1 Å². The van der Waals surface area contributed by atoms with E-state index in [2.05, 4.69) is 41.9 Å². The van der Waals surface area contributed by atoms with Crippen LogP contribution in [0, 0.1) is 0 Å². The topological polar surface area (TPSA) is 30.2 Å². The molecule has 0 atom stereocenters. The van der Waals surface area contributed by atoms with Crippen LogP contribution in [0.1, 0.15) is 0 Å². The number of hydrogen-bond donors (Lipinski definition) is 0. The second-order valence-corrected chi connectivity index (χ2v) is 3.65. The van der Waals surface area contributed by atoms with Gasteiger partial charge in [0.25, 0.3) is 0 Å². The van der Waals surface area contributed by atoms with Gasteiger partial charge < -0.3 is 0 Å². The first-order valence-electron chi connectivity index (χ1n) is 2.93. The molecule has 0 aromatic carbocycles. The average molecular weight is 277 g/mol. The average Bonchev–Trinajstić information content (AvgIpc) is 2.27. The van der Waals surface area contributed by atoms with Crippen molar-refractivity contribution < 1.29 is 0 Å². The predicted octanol–water partition coefficient (Wildman–Crippen LogP) is 2.25. The normalized spacial score (nSPS) is 10.7. The number of fused-ring (bicyclic) bond motifs is 1. The first-order valence-corrected chi connectivity index (χ1v) is 4.52. The van der Waals surface area contributed by atoms with E-state index in [1.807, 2.05) is 18.3 Å². The van der Waals surface area contributed by atoms with E-state index in [0.29, 0.717) is 4.73 Å². The summed E-state index contributed by atoms with van der Waals surface area (Å²) in [5.74, 6) is 0. The van der Waals surface area contributed by atoms with Crippen LogP contribution in [0.2, 0.25) is 0 Å². The largest absolute Gasteiger partial charge is 0.220 e. The number of rotatable bonds is 0. The molecule has 0 spiro atoms. The SMILES string of the molecule is Brc1ccn2nc(Br)nc2c1. The third kappa shape index (κ3) is 1.30. The second-order valence-electron chi connectivity index (χ2n) is 2.03. The van der Waals surface area contributed by atoms with E-state index < -0.39 is 0 Å². The van der Waals surface area contributed by atoms with Crippen molar-refractivity contribution in [3.63, 3.8) is 0 Å². The fourth-order valence-corrected chi connectivity index (χ4v) is 1.51. The fourth-order valence-electron chi connectivity index (χ4n) is 0.830. The number of hydrogen-bond acceptors (Lipinski definition) is 2. The maximum atomic E-state index is 4.11. The Morgan fingerprint density at radius 2 is 2.18 bits per heavy atom. The Labute approximate surface area is 79.7 Å². The zero-order valence-corrected chi connectivity index (χ0v) is 8.50. The van der Waals surface area contributed by atoms with Crippen molar-refractivity contribution in [3.05, 3.63) is 27.5 Å². The molecule has 11 heavy (non-hydrogen) atoms. The highest BCUT2D eigenvalue weighted by atomic mass is 79.9. The van der Waals surface area contributed by atoms with Crippen molar-refractivity contribution in [2.75, 3.05) is 0 Å². The van der Waals surface area contributed by atoms with Crippen LogP contribution in [0.4, 0.5) is 0 Å². The molecule has 0 bridgehead atoms. The first kappa shape index (κ1) is 7.24. The van der Waals surface area contributed by atoms with Crippen LogP contribution >= 0.6 is 31.9 Å². The highest BCUT2D eigenvalue weighted by Crippen LogP contribution is 2.12. The summed E-state index contributed by atoms with van der Waals surface area (Å²) < 4.78 is 3.31. The van der Waals surface area contributed by atoms with Crippen molar-refractivity contribution in [2.45, 2.75) is 0 Å². The minimum absolute atomic E-state index is 0.607. The molecule has 0 saturated heterocycles. The second kappa shape index (κ2) is 2.57. The van der Waals surface area contributed by atoms with Crippen molar-refractivity contribution in [2.24, 2.45) is 0 Å². The maximum Gasteiger partial charge on any atom is 0.218 e. The monoisotopic (exact) mass is 275 g/mol. The van der Waals surface area contributed by atoms with Gasteiger partial charge in [0.2, 0.25) is 4.73 Å². The minimum Gasteiger partial charge on any atom is -0.220 e. The summed E-state index contributed by atoms with van der Waals surface area (Å²) in [4.78, 5) is 4.11. The number of halogens is 2. The Kier molecular flexibility index (Phi) is 1.69. The Morgan fingerprint density at radius 3 is 3.00 bits per heavy atom. The summed E-state index contributed by atoms with van der Waals surface area (Å²) in [5, 5.41) is 4.06. The third-order valence-electron chi connectivity index (χ3n) is 1.27. The van der Waals surface area contributed by atoms with Gasteiger partial charge in [0.05, 0.1) is 0 Å². The van der Waals surface area contributed by atoms with Crippen LogP contribution in [0.15, 0.2) is 27.5 Å². The number of aromatic nitrogens is 3. The summed E-state index contributed by atoms with van der Waals surface area (Å²) in [6, 6.07) is 3.81. The molecule has 0 unspecified atom stereocenters. The Balaban J connectivity index is 2.82. The van der Waals surface area contributed by atoms with Gasteiger partial charge in [0, 0.05) is 10.7 Å².